The summed E-state index contributed by atoms with van der Waals surface area (Å²) < 4.78 is 10.9. The average Bonchev–Trinajstić information content (AvgIpc) is 3.16. The highest BCUT2D eigenvalue weighted by Gasteiger charge is 2.07. The number of hydrogen-bond donors (Lipinski definition) is 2. The Balaban J connectivity index is 1.54. The molecule has 0 bridgehead atoms. The number of aryl methyl sites for hydroxylation is 1. The standard InChI is InChI=1S/C21H20ClN3O3/c1-14-5-3-4-6-18(14)23-13-21(26)25-24-12-16-8-10-19(28-16)15-7-9-20(27-2)17(22)11-15/h3-12,23H,13H2,1-2H3,(H,25,26). The minimum Gasteiger partial charge on any atom is -0.495 e. The minimum atomic E-state index is -0.256. The summed E-state index contributed by atoms with van der Waals surface area (Å²) in [5.74, 6) is 1.49. The molecule has 28 heavy (non-hydrogen) atoms. The molecule has 0 aliphatic heterocycles. The van der Waals surface area contributed by atoms with Crippen LogP contribution >= 0.6 is 11.6 Å². The van der Waals surface area contributed by atoms with Gasteiger partial charge in [0.15, 0.2) is 0 Å². The second-order valence-corrected chi connectivity index (χ2v) is 6.42. The first-order valence-electron chi connectivity index (χ1n) is 8.62. The summed E-state index contributed by atoms with van der Waals surface area (Å²) in [6, 6.07) is 16.7. The number of nitrogens with zero attached hydrogens (tertiary/aromatic N) is 1. The predicted molar refractivity (Wildman–Crippen MR) is 111 cm³/mol. The van der Waals surface area contributed by atoms with Gasteiger partial charge in [0.05, 0.1) is 24.9 Å². The molecule has 0 atom stereocenters. The van der Waals surface area contributed by atoms with E-state index in [-0.39, 0.29) is 12.5 Å². The fourth-order valence-corrected chi connectivity index (χ4v) is 2.81. The van der Waals surface area contributed by atoms with E-state index in [4.69, 9.17) is 20.8 Å². The van der Waals surface area contributed by atoms with Crippen LogP contribution in [0.4, 0.5) is 5.69 Å². The van der Waals surface area contributed by atoms with Crippen LogP contribution in [0.15, 0.2) is 64.1 Å². The SMILES string of the molecule is COc1ccc(-c2ccc(C=NNC(=O)CNc3ccccc3C)o2)cc1Cl. The molecule has 0 fully saturated rings. The lowest BCUT2D eigenvalue weighted by Crippen LogP contribution is -2.26. The Kier molecular flexibility index (Phi) is 6.34. The molecule has 0 radical (unpaired) electrons. The molecule has 3 aromatic rings. The van der Waals surface area contributed by atoms with Gasteiger partial charge in [-0.15, -0.1) is 0 Å². The topological polar surface area (TPSA) is 75.9 Å². The number of amides is 1. The van der Waals surface area contributed by atoms with Crippen molar-refractivity contribution in [3.63, 3.8) is 0 Å². The number of hydrogen-bond acceptors (Lipinski definition) is 5. The Hall–Kier alpha value is -3.25. The largest absolute Gasteiger partial charge is 0.495 e. The van der Waals surface area contributed by atoms with E-state index in [0.717, 1.165) is 16.8 Å². The normalized spacial score (nSPS) is 10.8. The van der Waals surface area contributed by atoms with Gasteiger partial charge in [-0.2, -0.15) is 5.10 Å². The molecule has 0 unspecified atom stereocenters. The van der Waals surface area contributed by atoms with Gasteiger partial charge < -0.3 is 14.5 Å². The Labute approximate surface area is 168 Å². The first-order chi connectivity index (χ1) is 13.6. The summed E-state index contributed by atoms with van der Waals surface area (Å²) in [5.41, 5.74) is 5.26. The van der Waals surface area contributed by atoms with Crippen LogP contribution < -0.4 is 15.5 Å². The molecular formula is C21H20ClN3O3. The van der Waals surface area contributed by atoms with Gasteiger partial charge in [0, 0.05) is 11.3 Å². The van der Waals surface area contributed by atoms with E-state index in [2.05, 4.69) is 15.8 Å². The van der Waals surface area contributed by atoms with Crippen molar-refractivity contribution < 1.29 is 13.9 Å². The van der Waals surface area contributed by atoms with E-state index in [1.54, 1.807) is 31.4 Å². The lowest BCUT2D eigenvalue weighted by Gasteiger charge is -2.07. The van der Waals surface area contributed by atoms with Crippen molar-refractivity contribution in [2.75, 3.05) is 19.0 Å². The molecule has 144 valence electrons. The van der Waals surface area contributed by atoms with Crippen LogP contribution in [0.25, 0.3) is 11.3 Å². The fraction of sp³-hybridized carbons (Fsp3) is 0.143. The molecule has 3 rings (SSSR count). The zero-order valence-corrected chi connectivity index (χ0v) is 16.3. The van der Waals surface area contributed by atoms with Gasteiger partial charge >= 0.3 is 0 Å². The van der Waals surface area contributed by atoms with E-state index >= 15 is 0 Å². The summed E-state index contributed by atoms with van der Waals surface area (Å²) in [7, 11) is 1.56. The number of carbonyl (C=O) groups is 1. The number of anilines is 1. The maximum Gasteiger partial charge on any atom is 0.259 e. The summed E-state index contributed by atoms with van der Waals surface area (Å²) in [5, 5.41) is 7.49. The monoisotopic (exact) mass is 397 g/mol. The number of methoxy groups -OCH3 is 1. The van der Waals surface area contributed by atoms with Crippen LogP contribution in [0, 0.1) is 6.92 Å². The number of benzene rings is 2. The third-order valence-electron chi connectivity index (χ3n) is 4.03. The Morgan fingerprint density at radius 3 is 2.79 bits per heavy atom. The number of ether oxygens (including phenoxy) is 1. The van der Waals surface area contributed by atoms with Gasteiger partial charge in [-0.1, -0.05) is 29.8 Å². The predicted octanol–water partition coefficient (Wildman–Crippen LogP) is 4.48. The zero-order valence-electron chi connectivity index (χ0n) is 15.5. The molecular weight excluding hydrogens is 378 g/mol. The lowest BCUT2D eigenvalue weighted by molar-refractivity contribution is -0.119. The van der Waals surface area contributed by atoms with Crippen LogP contribution in [0.2, 0.25) is 5.02 Å². The van der Waals surface area contributed by atoms with E-state index in [0.29, 0.717) is 22.3 Å². The highest BCUT2D eigenvalue weighted by atomic mass is 35.5. The number of carbonyl (C=O) groups excluding carboxylic acids is 1. The van der Waals surface area contributed by atoms with E-state index in [1.165, 1.54) is 6.21 Å². The number of halogens is 1. The Bertz CT molecular complexity index is 998. The number of hydrazone groups is 1. The van der Waals surface area contributed by atoms with Crippen molar-refractivity contribution in [2.24, 2.45) is 5.10 Å². The van der Waals surface area contributed by atoms with Crippen molar-refractivity contribution in [3.05, 3.63) is 70.9 Å². The van der Waals surface area contributed by atoms with E-state index in [1.807, 2.05) is 37.3 Å². The average molecular weight is 398 g/mol. The number of nitrogens with one attached hydrogen (secondary N) is 2. The highest BCUT2D eigenvalue weighted by Crippen LogP contribution is 2.30. The van der Waals surface area contributed by atoms with Gasteiger partial charge in [0.2, 0.25) is 0 Å². The number of furan rings is 1. The van der Waals surface area contributed by atoms with Crippen LogP contribution in [0.5, 0.6) is 5.75 Å². The molecule has 0 aliphatic carbocycles. The van der Waals surface area contributed by atoms with Gasteiger partial charge in [-0.25, -0.2) is 5.43 Å². The van der Waals surface area contributed by atoms with Crippen molar-refractivity contribution >= 4 is 29.4 Å². The Morgan fingerprint density at radius 1 is 1.21 bits per heavy atom. The summed E-state index contributed by atoms with van der Waals surface area (Å²) >= 11 is 6.14. The van der Waals surface area contributed by atoms with Gasteiger partial charge in [0.25, 0.3) is 5.91 Å². The van der Waals surface area contributed by atoms with Crippen LogP contribution in [0.3, 0.4) is 0 Å². The fourth-order valence-electron chi connectivity index (χ4n) is 2.55. The number of rotatable bonds is 7. The molecule has 0 saturated heterocycles. The van der Waals surface area contributed by atoms with Gasteiger partial charge in [-0.05, 0) is 48.9 Å². The highest BCUT2D eigenvalue weighted by molar-refractivity contribution is 6.32. The van der Waals surface area contributed by atoms with E-state index < -0.39 is 0 Å². The summed E-state index contributed by atoms with van der Waals surface area (Å²) in [6.07, 6.45) is 1.44. The molecule has 0 saturated carbocycles. The maximum absolute atomic E-state index is 11.9. The third-order valence-corrected chi connectivity index (χ3v) is 4.32. The Morgan fingerprint density at radius 2 is 2.04 bits per heavy atom. The smallest absolute Gasteiger partial charge is 0.259 e. The number of para-hydroxylation sites is 1. The quantitative estimate of drug-likeness (QED) is 0.455. The molecule has 6 nitrogen and oxygen atoms in total. The summed E-state index contributed by atoms with van der Waals surface area (Å²) in [4.78, 5) is 11.9. The molecule has 0 aliphatic rings. The second kappa shape index (κ2) is 9.10. The van der Waals surface area contributed by atoms with Crippen molar-refractivity contribution in [1.82, 2.24) is 5.43 Å². The second-order valence-electron chi connectivity index (χ2n) is 6.01. The van der Waals surface area contributed by atoms with Crippen molar-refractivity contribution in [1.29, 1.82) is 0 Å². The first-order valence-corrected chi connectivity index (χ1v) is 9.00. The molecule has 2 N–H and O–H groups in total. The molecule has 2 aromatic carbocycles. The van der Waals surface area contributed by atoms with Crippen LogP contribution in [-0.2, 0) is 4.79 Å². The summed E-state index contributed by atoms with van der Waals surface area (Å²) in [6.45, 7) is 2.10. The van der Waals surface area contributed by atoms with Gasteiger partial charge in [0.1, 0.15) is 17.3 Å². The minimum absolute atomic E-state index is 0.121. The molecule has 1 heterocycles. The molecule has 0 spiro atoms. The first kappa shape index (κ1) is 19.5. The molecule has 7 heteroatoms. The maximum atomic E-state index is 11.9. The van der Waals surface area contributed by atoms with Crippen LogP contribution in [0.1, 0.15) is 11.3 Å². The molecule has 1 aromatic heterocycles. The lowest BCUT2D eigenvalue weighted by atomic mass is 10.2. The van der Waals surface area contributed by atoms with Crippen molar-refractivity contribution in [3.8, 4) is 17.1 Å². The zero-order chi connectivity index (χ0) is 19.9. The van der Waals surface area contributed by atoms with Crippen LogP contribution in [-0.4, -0.2) is 25.8 Å². The van der Waals surface area contributed by atoms with Crippen molar-refractivity contribution in [2.45, 2.75) is 6.92 Å². The van der Waals surface area contributed by atoms with Gasteiger partial charge in [-0.3, -0.25) is 4.79 Å². The third kappa shape index (κ3) is 4.92. The van der Waals surface area contributed by atoms with E-state index in [9.17, 15) is 4.79 Å². The molecule has 1 amide bonds.